The van der Waals surface area contributed by atoms with E-state index >= 15 is 0 Å². The number of rotatable bonds is 2. The Balaban J connectivity index is 0.00000121. The van der Waals surface area contributed by atoms with Gasteiger partial charge in [0.15, 0.2) is 6.10 Å². The number of ether oxygens (including phenoxy) is 1. The molecule has 0 spiro atoms. The predicted molar refractivity (Wildman–Crippen MR) is 33.5 cm³/mol. The van der Waals surface area contributed by atoms with E-state index in [1.165, 1.54) is 19.4 Å². The maximum Gasteiger partial charge on any atom is 1.00 e. The van der Waals surface area contributed by atoms with Crippen LogP contribution in [-0.2, 0) is 14.4 Å². The summed E-state index contributed by atoms with van der Waals surface area (Å²) in [5.74, 6) is -1.33. The third-order valence-corrected chi connectivity index (χ3v) is 1.13. The van der Waals surface area contributed by atoms with Gasteiger partial charge in [0.2, 0.25) is 0 Å². The Kier molecular flexibility index (Phi) is 4.96. The average molecular weight is 179 g/mol. The number of hydrogen-bond donors (Lipinski definition) is 0. The van der Waals surface area contributed by atoms with E-state index in [4.69, 9.17) is 0 Å². The maximum atomic E-state index is 10.3. The molecule has 0 aromatic heterocycles. The van der Waals surface area contributed by atoms with Gasteiger partial charge in [0.25, 0.3) is 0 Å². The van der Waals surface area contributed by atoms with E-state index in [0.717, 1.165) is 0 Å². The van der Waals surface area contributed by atoms with Crippen LogP contribution in [0.2, 0.25) is 0 Å². The zero-order valence-corrected chi connectivity index (χ0v) is 8.81. The van der Waals surface area contributed by atoms with Gasteiger partial charge < -0.3 is 19.5 Å². The van der Waals surface area contributed by atoms with Crippen LogP contribution in [0.15, 0.2) is 17.5 Å². The second kappa shape index (κ2) is 5.18. The molecule has 0 aliphatic carbocycles. The Morgan fingerprint density at radius 1 is 1.83 bits per heavy atom. The molecular formula is C6H6NNaO4. The third kappa shape index (κ3) is 2.51. The first-order valence-corrected chi connectivity index (χ1v) is 2.89. The van der Waals surface area contributed by atoms with Crippen molar-refractivity contribution in [2.75, 3.05) is 7.11 Å². The molecule has 0 amide bonds. The molecule has 1 rings (SSSR count). The minimum atomic E-state index is -1.33. The van der Waals surface area contributed by atoms with Crippen molar-refractivity contribution in [2.45, 2.75) is 6.10 Å². The van der Waals surface area contributed by atoms with Crippen LogP contribution >= 0.6 is 0 Å². The van der Waals surface area contributed by atoms with Crippen molar-refractivity contribution < 1.29 is 49.0 Å². The van der Waals surface area contributed by atoms with Crippen molar-refractivity contribution in [1.82, 2.24) is 0 Å². The van der Waals surface area contributed by atoms with Gasteiger partial charge in [-0.25, -0.2) is 0 Å². The molecule has 0 saturated heterocycles. The van der Waals surface area contributed by atoms with Gasteiger partial charge in [-0.2, -0.15) is 0 Å². The molecule has 0 saturated carbocycles. The van der Waals surface area contributed by atoms with E-state index in [1.54, 1.807) is 0 Å². The molecule has 60 valence electrons. The fourth-order valence-corrected chi connectivity index (χ4v) is 0.705. The standard InChI is InChI=1S/C6H7NO4.Na/c1-10-7-4-2-3-11-5(4)6(8)9;/h2-3,5H,1H3,(H,8,9);/q;+1/p-1/b7-4-;. The van der Waals surface area contributed by atoms with Gasteiger partial charge in [-0.05, 0) is 0 Å². The number of hydrogen-bond acceptors (Lipinski definition) is 5. The Hall–Kier alpha value is -0.520. The Labute approximate surface area is 91.3 Å². The van der Waals surface area contributed by atoms with E-state index in [0.29, 0.717) is 0 Å². The number of carbonyl (C=O) groups is 1. The summed E-state index contributed by atoms with van der Waals surface area (Å²) in [7, 11) is 1.32. The van der Waals surface area contributed by atoms with Gasteiger partial charge in [-0.15, -0.1) is 0 Å². The molecule has 1 unspecified atom stereocenters. The molecule has 5 nitrogen and oxygen atoms in total. The summed E-state index contributed by atoms with van der Waals surface area (Å²) in [6, 6.07) is 0. The zero-order chi connectivity index (χ0) is 8.27. The van der Waals surface area contributed by atoms with Gasteiger partial charge >= 0.3 is 29.6 Å². The molecule has 6 heteroatoms. The quantitative estimate of drug-likeness (QED) is 0.317. The number of aliphatic carboxylic acids is 1. The van der Waals surface area contributed by atoms with Crippen LogP contribution in [-0.4, -0.2) is 24.9 Å². The largest absolute Gasteiger partial charge is 1.00 e. The third-order valence-electron chi connectivity index (χ3n) is 1.13. The van der Waals surface area contributed by atoms with E-state index in [2.05, 4.69) is 14.7 Å². The Morgan fingerprint density at radius 2 is 2.50 bits per heavy atom. The molecule has 1 aliphatic rings. The molecule has 0 aromatic rings. The van der Waals surface area contributed by atoms with Crippen LogP contribution in [0.3, 0.4) is 0 Å². The summed E-state index contributed by atoms with van der Waals surface area (Å²) >= 11 is 0. The normalized spacial score (nSPS) is 23.1. The van der Waals surface area contributed by atoms with Gasteiger partial charge in [-0.3, -0.25) is 0 Å². The van der Waals surface area contributed by atoms with Crippen LogP contribution in [0, 0.1) is 0 Å². The van der Waals surface area contributed by atoms with E-state index in [1.807, 2.05) is 0 Å². The fourth-order valence-electron chi connectivity index (χ4n) is 0.705. The monoisotopic (exact) mass is 179 g/mol. The van der Waals surface area contributed by atoms with Crippen molar-refractivity contribution in [3.63, 3.8) is 0 Å². The van der Waals surface area contributed by atoms with Gasteiger partial charge in [-0.1, -0.05) is 5.16 Å². The van der Waals surface area contributed by atoms with Crippen molar-refractivity contribution in [3.8, 4) is 0 Å². The van der Waals surface area contributed by atoms with Gasteiger partial charge in [0.1, 0.15) is 12.8 Å². The van der Waals surface area contributed by atoms with E-state index in [9.17, 15) is 9.90 Å². The smallest absolute Gasteiger partial charge is 0.546 e. The Bertz CT molecular complexity index is 226. The maximum absolute atomic E-state index is 10.3. The summed E-state index contributed by atoms with van der Waals surface area (Å²) in [6.45, 7) is 0. The molecule has 1 aliphatic heterocycles. The topological polar surface area (TPSA) is 71.0 Å². The van der Waals surface area contributed by atoms with Crippen LogP contribution in [0.5, 0.6) is 0 Å². The molecule has 0 fully saturated rings. The first-order chi connectivity index (χ1) is 5.25. The van der Waals surface area contributed by atoms with Crippen LogP contribution in [0.25, 0.3) is 0 Å². The van der Waals surface area contributed by atoms with Crippen molar-refractivity contribution in [1.29, 1.82) is 0 Å². The number of nitrogens with zero attached hydrogens (tertiary/aromatic N) is 1. The first kappa shape index (κ1) is 11.5. The molecule has 1 atom stereocenters. The molecular weight excluding hydrogens is 173 g/mol. The molecule has 0 bridgehead atoms. The van der Waals surface area contributed by atoms with Crippen LogP contribution in [0.4, 0.5) is 0 Å². The minimum Gasteiger partial charge on any atom is -0.546 e. The SMILES string of the molecule is CO/N=C1/C=COC1C(=O)[O-].[Na+]. The number of oxime groups is 1. The summed E-state index contributed by atoms with van der Waals surface area (Å²) in [6.07, 6.45) is 1.51. The number of carboxylic acid groups (broad SMARTS) is 1. The number of carboxylic acids is 1. The first-order valence-electron chi connectivity index (χ1n) is 2.89. The summed E-state index contributed by atoms with van der Waals surface area (Å²) in [5.41, 5.74) is 0.201. The summed E-state index contributed by atoms with van der Waals surface area (Å²) < 4.78 is 4.63. The number of carbonyl (C=O) groups excluding carboxylic acids is 1. The van der Waals surface area contributed by atoms with Crippen molar-refractivity contribution >= 4 is 11.7 Å². The van der Waals surface area contributed by atoms with Gasteiger partial charge in [0.05, 0.1) is 12.2 Å². The second-order valence-corrected chi connectivity index (χ2v) is 1.84. The zero-order valence-electron chi connectivity index (χ0n) is 6.81. The summed E-state index contributed by atoms with van der Waals surface area (Å²) in [5, 5.41) is 13.7. The molecule has 0 N–H and O–H groups in total. The molecule has 0 aromatic carbocycles. The Morgan fingerprint density at radius 3 is 3.00 bits per heavy atom. The van der Waals surface area contributed by atoms with Crippen LogP contribution < -0.4 is 34.7 Å². The fraction of sp³-hybridized carbons (Fsp3) is 0.333. The van der Waals surface area contributed by atoms with Crippen molar-refractivity contribution in [3.05, 3.63) is 12.3 Å². The predicted octanol–water partition coefficient (Wildman–Crippen LogP) is -4.34. The van der Waals surface area contributed by atoms with E-state index < -0.39 is 12.1 Å². The van der Waals surface area contributed by atoms with Crippen molar-refractivity contribution in [2.24, 2.45) is 5.16 Å². The average Bonchev–Trinajstić information content (AvgIpc) is 2.36. The minimum absolute atomic E-state index is 0. The molecule has 0 radical (unpaired) electrons. The van der Waals surface area contributed by atoms with Crippen LogP contribution in [0.1, 0.15) is 0 Å². The molecule has 12 heavy (non-hydrogen) atoms. The second-order valence-electron chi connectivity index (χ2n) is 1.84. The molecule has 1 heterocycles. The van der Waals surface area contributed by atoms with Gasteiger partial charge in [0, 0.05) is 6.08 Å². The van der Waals surface area contributed by atoms with E-state index in [-0.39, 0.29) is 35.3 Å². The summed E-state index contributed by atoms with van der Waals surface area (Å²) in [4.78, 5) is 14.6.